The molecule has 0 aromatic carbocycles. The molecule has 1 rings (SSSR count). The van der Waals surface area contributed by atoms with E-state index in [0.717, 1.165) is 6.26 Å². The number of halogens is 4. The van der Waals surface area contributed by atoms with Crippen LogP contribution in [0, 0.1) is 0 Å². The van der Waals surface area contributed by atoms with Crippen LogP contribution in [0.5, 0.6) is 0 Å². The summed E-state index contributed by atoms with van der Waals surface area (Å²) < 4.78 is 41.2. The van der Waals surface area contributed by atoms with Crippen LogP contribution < -0.4 is 0 Å². The molecule has 1 heterocycles. The van der Waals surface area contributed by atoms with Crippen molar-refractivity contribution < 1.29 is 27.5 Å². The monoisotopic (exact) mass is 271 g/mol. The number of aliphatic hydroxyl groups excluding tert-OH is 1. The summed E-state index contributed by atoms with van der Waals surface area (Å²) in [5.74, 6) is -0.935. The zero-order valence-corrected chi connectivity index (χ0v) is 9.25. The minimum Gasteiger partial charge on any atom is -0.452 e. The Morgan fingerprint density at radius 2 is 2.18 bits per heavy atom. The van der Waals surface area contributed by atoms with Crippen molar-refractivity contribution in [3.05, 3.63) is 23.1 Å². The first-order valence-electron chi connectivity index (χ1n) is 4.55. The van der Waals surface area contributed by atoms with Crippen molar-refractivity contribution >= 4 is 17.5 Å². The lowest BCUT2D eigenvalue weighted by molar-refractivity contribution is -0.141. The highest BCUT2D eigenvalue weighted by Crippen LogP contribution is 2.22. The highest BCUT2D eigenvalue weighted by Gasteiger charge is 2.34. The van der Waals surface area contributed by atoms with E-state index in [0.29, 0.717) is 4.90 Å². The van der Waals surface area contributed by atoms with E-state index < -0.39 is 31.8 Å². The first kappa shape index (κ1) is 13.9. The average molecular weight is 272 g/mol. The van der Waals surface area contributed by atoms with Gasteiger partial charge in [0.1, 0.15) is 6.54 Å². The van der Waals surface area contributed by atoms with Crippen LogP contribution in [-0.2, 0) is 0 Å². The summed E-state index contributed by atoms with van der Waals surface area (Å²) in [5, 5.41) is 8.35. The predicted octanol–water partition coefficient (Wildman–Crippen LogP) is 1.93. The maximum absolute atomic E-state index is 12.2. The van der Waals surface area contributed by atoms with Gasteiger partial charge in [-0.3, -0.25) is 4.79 Å². The van der Waals surface area contributed by atoms with E-state index in [2.05, 4.69) is 4.42 Å². The van der Waals surface area contributed by atoms with Crippen LogP contribution in [0.3, 0.4) is 0 Å². The van der Waals surface area contributed by atoms with Crippen molar-refractivity contribution in [3.63, 3.8) is 0 Å². The fraction of sp³-hybridized carbons (Fsp3) is 0.444. The van der Waals surface area contributed by atoms with Crippen molar-refractivity contribution in [1.82, 2.24) is 4.90 Å². The van der Waals surface area contributed by atoms with E-state index in [1.165, 1.54) is 6.07 Å². The maximum atomic E-state index is 12.2. The number of furan rings is 1. The van der Waals surface area contributed by atoms with Gasteiger partial charge in [-0.15, -0.1) is 0 Å². The maximum Gasteiger partial charge on any atom is 0.406 e. The lowest BCUT2D eigenvalue weighted by Crippen LogP contribution is -2.40. The van der Waals surface area contributed by atoms with Gasteiger partial charge >= 0.3 is 6.18 Å². The predicted molar refractivity (Wildman–Crippen MR) is 52.8 cm³/mol. The van der Waals surface area contributed by atoms with Crippen LogP contribution >= 0.6 is 11.6 Å². The topological polar surface area (TPSA) is 53.7 Å². The zero-order valence-electron chi connectivity index (χ0n) is 8.50. The highest BCUT2D eigenvalue weighted by atomic mass is 35.5. The standard InChI is InChI=1S/C9H9ClF3NO3/c10-7-6(1-4-17-7)8(16)14(2-3-15)5-9(11,12)13/h1,4,15H,2-3,5H2. The van der Waals surface area contributed by atoms with E-state index in [4.69, 9.17) is 16.7 Å². The Balaban J connectivity index is 2.84. The number of carbonyl (C=O) groups excluding carboxylic acids is 1. The fourth-order valence-corrected chi connectivity index (χ4v) is 1.40. The van der Waals surface area contributed by atoms with Gasteiger partial charge in [-0.2, -0.15) is 13.2 Å². The van der Waals surface area contributed by atoms with Gasteiger partial charge in [0.2, 0.25) is 5.22 Å². The lowest BCUT2D eigenvalue weighted by Gasteiger charge is -2.22. The number of alkyl halides is 3. The largest absolute Gasteiger partial charge is 0.452 e. The molecule has 1 amide bonds. The number of aliphatic hydroxyl groups is 1. The number of hydrogen-bond donors (Lipinski definition) is 1. The van der Waals surface area contributed by atoms with E-state index in [1.807, 2.05) is 0 Å². The fourth-order valence-electron chi connectivity index (χ4n) is 1.21. The molecular weight excluding hydrogens is 263 g/mol. The van der Waals surface area contributed by atoms with E-state index >= 15 is 0 Å². The quantitative estimate of drug-likeness (QED) is 0.910. The molecule has 0 aliphatic heterocycles. The second kappa shape index (κ2) is 5.42. The van der Waals surface area contributed by atoms with Gasteiger partial charge in [0.15, 0.2) is 0 Å². The van der Waals surface area contributed by atoms with Crippen LogP contribution in [0.15, 0.2) is 16.7 Å². The highest BCUT2D eigenvalue weighted by molar-refractivity contribution is 6.32. The summed E-state index contributed by atoms with van der Waals surface area (Å²) in [6.07, 6.45) is -3.44. The van der Waals surface area contributed by atoms with Crippen molar-refractivity contribution in [3.8, 4) is 0 Å². The summed E-state index contributed by atoms with van der Waals surface area (Å²) in [5.41, 5.74) is -0.163. The van der Waals surface area contributed by atoms with Crippen LogP contribution in [0.4, 0.5) is 13.2 Å². The van der Waals surface area contributed by atoms with Crippen LogP contribution in [0.25, 0.3) is 0 Å². The molecule has 0 fully saturated rings. The summed E-state index contributed by atoms with van der Waals surface area (Å²) >= 11 is 5.49. The van der Waals surface area contributed by atoms with Gasteiger partial charge in [-0.25, -0.2) is 0 Å². The Bertz CT molecular complexity index is 391. The van der Waals surface area contributed by atoms with Gasteiger partial charge in [0.05, 0.1) is 18.4 Å². The average Bonchev–Trinajstić information content (AvgIpc) is 2.61. The smallest absolute Gasteiger partial charge is 0.406 e. The van der Waals surface area contributed by atoms with Crippen LogP contribution in [0.2, 0.25) is 5.22 Å². The molecule has 96 valence electrons. The second-order valence-corrected chi connectivity index (χ2v) is 3.52. The summed E-state index contributed by atoms with van der Waals surface area (Å²) in [7, 11) is 0. The molecule has 0 atom stereocenters. The van der Waals surface area contributed by atoms with Gasteiger partial charge in [0.25, 0.3) is 5.91 Å². The Morgan fingerprint density at radius 1 is 1.53 bits per heavy atom. The van der Waals surface area contributed by atoms with Crippen LogP contribution in [-0.4, -0.2) is 41.8 Å². The molecule has 0 aliphatic carbocycles. The summed E-state index contributed by atoms with van der Waals surface area (Å²) in [6, 6.07) is 1.17. The van der Waals surface area contributed by atoms with Crippen molar-refractivity contribution in [2.75, 3.05) is 19.7 Å². The van der Waals surface area contributed by atoms with E-state index in [1.54, 1.807) is 0 Å². The molecular formula is C9H9ClF3NO3. The van der Waals surface area contributed by atoms with Gasteiger partial charge in [-0.1, -0.05) is 0 Å². The number of carbonyl (C=O) groups is 1. The zero-order chi connectivity index (χ0) is 13.1. The molecule has 1 aromatic heterocycles. The molecule has 1 aromatic rings. The molecule has 0 bridgehead atoms. The first-order chi connectivity index (χ1) is 7.85. The second-order valence-electron chi connectivity index (χ2n) is 3.17. The van der Waals surface area contributed by atoms with Gasteiger partial charge in [0, 0.05) is 6.54 Å². The third kappa shape index (κ3) is 3.94. The minimum absolute atomic E-state index is 0.163. The molecule has 0 saturated carbocycles. The molecule has 1 N–H and O–H groups in total. The number of nitrogens with zero attached hydrogens (tertiary/aromatic N) is 1. The van der Waals surface area contributed by atoms with Crippen molar-refractivity contribution in [2.24, 2.45) is 0 Å². The van der Waals surface area contributed by atoms with Gasteiger partial charge in [-0.05, 0) is 17.7 Å². The molecule has 0 spiro atoms. The normalized spacial score (nSPS) is 11.6. The third-order valence-corrected chi connectivity index (χ3v) is 2.17. The van der Waals surface area contributed by atoms with Crippen molar-refractivity contribution in [1.29, 1.82) is 0 Å². The summed E-state index contributed by atoms with van der Waals surface area (Å²) in [4.78, 5) is 12.1. The minimum atomic E-state index is -4.54. The Hall–Kier alpha value is -1.21. The SMILES string of the molecule is O=C(c1ccoc1Cl)N(CCO)CC(F)(F)F. The van der Waals surface area contributed by atoms with Crippen LogP contribution in [0.1, 0.15) is 10.4 Å². The molecule has 17 heavy (non-hydrogen) atoms. The lowest BCUT2D eigenvalue weighted by atomic mass is 10.3. The summed E-state index contributed by atoms with van der Waals surface area (Å²) in [6.45, 7) is -2.45. The van der Waals surface area contributed by atoms with E-state index in [-0.39, 0.29) is 10.8 Å². The van der Waals surface area contributed by atoms with Gasteiger partial charge < -0.3 is 14.4 Å². The number of rotatable bonds is 4. The molecule has 0 unspecified atom stereocenters. The van der Waals surface area contributed by atoms with Crippen molar-refractivity contribution in [2.45, 2.75) is 6.18 Å². The molecule has 0 radical (unpaired) electrons. The molecule has 8 heteroatoms. The number of amides is 1. The number of hydrogen-bond acceptors (Lipinski definition) is 3. The van der Waals surface area contributed by atoms with E-state index in [9.17, 15) is 18.0 Å². The molecule has 0 saturated heterocycles. The molecule has 0 aliphatic rings. The molecule has 4 nitrogen and oxygen atoms in total. The Kier molecular flexibility index (Phi) is 4.41. The Labute approximate surface area is 99.6 Å². The first-order valence-corrected chi connectivity index (χ1v) is 4.93. The Morgan fingerprint density at radius 3 is 2.59 bits per heavy atom. The third-order valence-electron chi connectivity index (χ3n) is 1.88.